The van der Waals surface area contributed by atoms with E-state index < -0.39 is 0 Å². The Kier molecular flexibility index (Phi) is 4.02. The maximum atomic E-state index is 2.30. The SMILES string of the molecule is Cc1ccc(SN(C)C)cc1C(C)C. The molecular weight excluding hydrogens is 190 g/mol. The van der Waals surface area contributed by atoms with E-state index in [0.717, 1.165) is 0 Å². The molecule has 0 aliphatic rings. The third kappa shape index (κ3) is 3.03. The average molecular weight is 209 g/mol. The van der Waals surface area contributed by atoms with Gasteiger partial charge < -0.3 is 0 Å². The van der Waals surface area contributed by atoms with Crippen LogP contribution in [0.5, 0.6) is 0 Å². The predicted octanol–water partition coefficient (Wildman–Crippen LogP) is 3.69. The molecular formula is C12H19NS. The number of rotatable bonds is 3. The zero-order valence-electron chi connectivity index (χ0n) is 9.66. The van der Waals surface area contributed by atoms with Gasteiger partial charge in [-0.3, -0.25) is 4.31 Å². The third-order valence-corrected chi connectivity index (χ3v) is 2.99. The van der Waals surface area contributed by atoms with Gasteiger partial charge in [0.1, 0.15) is 0 Å². The summed E-state index contributed by atoms with van der Waals surface area (Å²) in [5, 5.41) is 0. The van der Waals surface area contributed by atoms with Gasteiger partial charge in [-0.05, 0) is 62.1 Å². The fourth-order valence-corrected chi connectivity index (χ4v) is 2.24. The van der Waals surface area contributed by atoms with Crippen LogP contribution in [0.4, 0.5) is 0 Å². The van der Waals surface area contributed by atoms with E-state index in [-0.39, 0.29) is 0 Å². The van der Waals surface area contributed by atoms with E-state index in [9.17, 15) is 0 Å². The molecule has 0 radical (unpaired) electrons. The van der Waals surface area contributed by atoms with Gasteiger partial charge in [-0.1, -0.05) is 19.9 Å². The Morgan fingerprint density at radius 1 is 1.21 bits per heavy atom. The Hall–Kier alpha value is -0.470. The molecule has 1 aromatic carbocycles. The van der Waals surface area contributed by atoms with Crippen LogP contribution in [-0.4, -0.2) is 18.4 Å². The molecule has 0 heterocycles. The standard InChI is InChI=1S/C12H19NS/c1-9(2)12-8-11(14-13(4)5)7-6-10(12)3/h6-9H,1-5H3. The number of aryl methyl sites for hydroxylation is 1. The van der Waals surface area contributed by atoms with E-state index >= 15 is 0 Å². The molecule has 0 saturated heterocycles. The number of hydrogen-bond acceptors (Lipinski definition) is 2. The maximum Gasteiger partial charge on any atom is 0.0233 e. The van der Waals surface area contributed by atoms with E-state index in [1.165, 1.54) is 16.0 Å². The van der Waals surface area contributed by atoms with Gasteiger partial charge >= 0.3 is 0 Å². The van der Waals surface area contributed by atoms with Gasteiger partial charge in [0, 0.05) is 4.90 Å². The summed E-state index contributed by atoms with van der Waals surface area (Å²) in [5.74, 6) is 0.609. The lowest BCUT2D eigenvalue weighted by Gasteiger charge is -2.13. The summed E-state index contributed by atoms with van der Waals surface area (Å²) in [5.41, 5.74) is 2.85. The Balaban J connectivity index is 2.94. The Bertz CT molecular complexity index is 305. The summed E-state index contributed by atoms with van der Waals surface area (Å²) in [7, 11) is 4.14. The zero-order chi connectivity index (χ0) is 10.7. The summed E-state index contributed by atoms with van der Waals surface area (Å²) in [6, 6.07) is 6.69. The van der Waals surface area contributed by atoms with Gasteiger partial charge in [-0.25, -0.2) is 0 Å². The summed E-state index contributed by atoms with van der Waals surface area (Å²) < 4.78 is 2.12. The quantitative estimate of drug-likeness (QED) is 0.699. The molecule has 14 heavy (non-hydrogen) atoms. The number of nitrogens with zero attached hydrogens (tertiary/aromatic N) is 1. The first kappa shape index (κ1) is 11.6. The van der Waals surface area contributed by atoms with Crippen molar-refractivity contribution in [3.8, 4) is 0 Å². The van der Waals surface area contributed by atoms with Gasteiger partial charge in [-0.2, -0.15) is 0 Å². The summed E-state index contributed by atoms with van der Waals surface area (Å²) in [6.07, 6.45) is 0. The minimum atomic E-state index is 0.609. The van der Waals surface area contributed by atoms with Gasteiger partial charge in [0.2, 0.25) is 0 Å². The minimum Gasteiger partial charge on any atom is -0.253 e. The van der Waals surface area contributed by atoms with Crippen molar-refractivity contribution < 1.29 is 0 Å². The lowest BCUT2D eigenvalue weighted by atomic mass is 9.98. The van der Waals surface area contributed by atoms with E-state index in [2.05, 4.69) is 57.4 Å². The minimum absolute atomic E-state index is 0.609. The first-order chi connectivity index (χ1) is 6.50. The van der Waals surface area contributed by atoms with Gasteiger partial charge in [0.15, 0.2) is 0 Å². The summed E-state index contributed by atoms with van der Waals surface area (Å²) in [4.78, 5) is 1.32. The van der Waals surface area contributed by atoms with Crippen LogP contribution in [0.25, 0.3) is 0 Å². The number of hydrogen-bond donors (Lipinski definition) is 0. The third-order valence-electron chi connectivity index (χ3n) is 2.16. The molecule has 0 N–H and O–H groups in total. The monoisotopic (exact) mass is 209 g/mol. The van der Waals surface area contributed by atoms with Crippen molar-refractivity contribution in [3.63, 3.8) is 0 Å². The van der Waals surface area contributed by atoms with Crippen molar-refractivity contribution in [2.75, 3.05) is 14.1 Å². The molecule has 0 saturated carbocycles. The van der Waals surface area contributed by atoms with Crippen LogP contribution in [0, 0.1) is 6.92 Å². The fourth-order valence-electron chi connectivity index (χ4n) is 1.51. The largest absolute Gasteiger partial charge is 0.253 e. The zero-order valence-corrected chi connectivity index (χ0v) is 10.5. The Morgan fingerprint density at radius 3 is 2.36 bits per heavy atom. The second-order valence-electron chi connectivity index (χ2n) is 4.08. The van der Waals surface area contributed by atoms with E-state index in [1.54, 1.807) is 11.9 Å². The molecule has 1 rings (SSSR count). The van der Waals surface area contributed by atoms with Crippen LogP contribution in [0.1, 0.15) is 30.9 Å². The molecule has 0 fully saturated rings. The lowest BCUT2D eigenvalue weighted by molar-refractivity contribution is 0.702. The van der Waals surface area contributed by atoms with E-state index in [0.29, 0.717) is 5.92 Å². The van der Waals surface area contributed by atoms with Gasteiger partial charge in [0.25, 0.3) is 0 Å². The normalized spacial score (nSPS) is 11.4. The highest BCUT2D eigenvalue weighted by molar-refractivity contribution is 7.97. The molecule has 1 nitrogen and oxygen atoms in total. The van der Waals surface area contributed by atoms with Crippen molar-refractivity contribution in [2.24, 2.45) is 0 Å². The van der Waals surface area contributed by atoms with Crippen LogP contribution in [0.2, 0.25) is 0 Å². The van der Waals surface area contributed by atoms with Crippen LogP contribution >= 0.6 is 11.9 Å². The van der Waals surface area contributed by atoms with Crippen LogP contribution in [0.3, 0.4) is 0 Å². The molecule has 1 aromatic rings. The van der Waals surface area contributed by atoms with Crippen molar-refractivity contribution in [1.29, 1.82) is 0 Å². The molecule has 0 aromatic heterocycles. The highest BCUT2D eigenvalue weighted by atomic mass is 32.2. The van der Waals surface area contributed by atoms with Crippen LogP contribution in [0.15, 0.2) is 23.1 Å². The average Bonchev–Trinajstić information content (AvgIpc) is 2.07. The topological polar surface area (TPSA) is 3.24 Å². The van der Waals surface area contributed by atoms with Gasteiger partial charge in [0.05, 0.1) is 0 Å². The van der Waals surface area contributed by atoms with Crippen LogP contribution in [-0.2, 0) is 0 Å². The fraction of sp³-hybridized carbons (Fsp3) is 0.500. The molecule has 0 unspecified atom stereocenters. The summed E-state index contributed by atoms with van der Waals surface area (Å²) >= 11 is 1.77. The second kappa shape index (κ2) is 4.85. The molecule has 0 spiro atoms. The molecule has 2 heteroatoms. The highest BCUT2D eigenvalue weighted by Gasteiger charge is 2.05. The molecule has 0 amide bonds. The Morgan fingerprint density at radius 2 is 1.86 bits per heavy atom. The van der Waals surface area contributed by atoms with Crippen molar-refractivity contribution >= 4 is 11.9 Å². The highest BCUT2D eigenvalue weighted by Crippen LogP contribution is 2.26. The first-order valence-corrected chi connectivity index (χ1v) is 5.74. The smallest absolute Gasteiger partial charge is 0.0233 e. The molecule has 0 bridgehead atoms. The number of benzene rings is 1. The first-order valence-electron chi connectivity index (χ1n) is 4.96. The van der Waals surface area contributed by atoms with Crippen molar-refractivity contribution in [1.82, 2.24) is 4.31 Å². The predicted molar refractivity (Wildman–Crippen MR) is 64.8 cm³/mol. The summed E-state index contributed by atoms with van der Waals surface area (Å²) in [6.45, 7) is 6.67. The Labute approximate surface area is 91.6 Å². The van der Waals surface area contributed by atoms with Gasteiger partial charge in [-0.15, -0.1) is 0 Å². The van der Waals surface area contributed by atoms with Crippen molar-refractivity contribution in [2.45, 2.75) is 31.6 Å². The molecule has 78 valence electrons. The maximum absolute atomic E-state index is 2.30. The van der Waals surface area contributed by atoms with Crippen LogP contribution < -0.4 is 0 Å². The lowest BCUT2D eigenvalue weighted by Crippen LogP contribution is -1.99. The molecule has 0 atom stereocenters. The van der Waals surface area contributed by atoms with E-state index in [4.69, 9.17) is 0 Å². The van der Waals surface area contributed by atoms with E-state index in [1.807, 2.05) is 0 Å². The van der Waals surface area contributed by atoms with Crippen molar-refractivity contribution in [3.05, 3.63) is 29.3 Å². The molecule has 0 aliphatic carbocycles. The second-order valence-corrected chi connectivity index (χ2v) is 5.46. The molecule has 0 aliphatic heterocycles.